The summed E-state index contributed by atoms with van der Waals surface area (Å²) >= 11 is 0. The Morgan fingerprint density at radius 2 is 1.03 bits per heavy atom. The van der Waals surface area contributed by atoms with E-state index in [0.29, 0.717) is 13.0 Å². The van der Waals surface area contributed by atoms with Gasteiger partial charge in [-0.25, -0.2) is 0 Å². The number of ether oxygens (including phenoxy) is 1. The number of likely N-dealkylation sites (N-methyl/N-ethyl adjacent to an activating group) is 1. The lowest BCUT2D eigenvalue weighted by molar-refractivity contribution is -0.144. The van der Waals surface area contributed by atoms with Crippen molar-refractivity contribution in [1.82, 2.24) is 4.90 Å². The fraction of sp³-hybridized carbons (Fsp3) is 0.897. The Morgan fingerprint density at radius 3 is 1.47 bits per heavy atom. The minimum Gasteiger partial charge on any atom is -0.464 e. The number of esters is 1. The lowest BCUT2D eigenvalue weighted by Crippen LogP contribution is -2.20. The topological polar surface area (TPSA) is 29.5 Å². The molecule has 0 radical (unpaired) electrons. The minimum absolute atomic E-state index is 0.0458. The van der Waals surface area contributed by atoms with Crippen molar-refractivity contribution in [2.45, 2.75) is 142 Å². The molecule has 0 aliphatic carbocycles. The van der Waals surface area contributed by atoms with Gasteiger partial charge < -0.3 is 9.64 Å². The molecule has 0 atom stereocenters. The number of carbonyl (C=O) groups is 1. The lowest BCUT2D eigenvalue weighted by atomic mass is 10.0. The molecule has 0 aliphatic heterocycles. The number of rotatable bonds is 25. The molecule has 0 aromatic heterocycles. The molecule has 0 aromatic rings. The van der Waals surface area contributed by atoms with Crippen LogP contribution in [0.5, 0.6) is 0 Å². The standard InChI is InChI=1S/C29H57NO2/c1-4-5-6-7-8-9-10-11-12-13-14-15-16-17-18-19-20-21-22-23-24-25-26-29(31)32-28-27-30(2)3/h20-21H,4-19,22-28H2,1-3H3. The van der Waals surface area contributed by atoms with Gasteiger partial charge in [0.2, 0.25) is 0 Å². The first-order chi connectivity index (χ1) is 15.7. The Balaban J connectivity index is 3.17. The molecule has 0 heterocycles. The summed E-state index contributed by atoms with van der Waals surface area (Å²) in [4.78, 5) is 13.6. The molecule has 0 amide bonds. The summed E-state index contributed by atoms with van der Waals surface area (Å²) in [5.41, 5.74) is 0. The molecular weight excluding hydrogens is 394 g/mol. The molecule has 0 saturated carbocycles. The number of allylic oxidation sites excluding steroid dienone is 2. The van der Waals surface area contributed by atoms with Gasteiger partial charge in [0.25, 0.3) is 0 Å². The van der Waals surface area contributed by atoms with Gasteiger partial charge in [0.15, 0.2) is 0 Å². The van der Waals surface area contributed by atoms with E-state index < -0.39 is 0 Å². The fourth-order valence-electron chi connectivity index (χ4n) is 3.99. The van der Waals surface area contributed by atoms with Crippen LogP contribution in [0.2, 0.25) is 0 Å². The number of unbranched alkanes of at least 4 members (excludes halogenated alkanes) is 18. The molecule has 0 aliphatic rings. The molecular formula is C29H57NO2. The number of hydrogen-bond acceptors (Lipinski definition) is 3. The second-order valence-electron chi connectivity index (χ2n) is 9.83. The first-order valence-corrected chi connectivity index (χ1v) is 14.1. The normalized spacial score (nSPS) is 11.6. The largest absolute Gasteiger partial charge is 0.464 e. The van der Waals surface area contributed by atoms with Crippen LogP contribution in [0, 0.1) is 0 Å². The van der Waals surface area contributed by atoms with Gasteiger partial charge in [-0.3, -0.25) is 4.79 Å². The summed E-state index contributed by atoms with van der Waals surface area (Å²) in [6.45, 7) is 3.60. The van der Waals surface area contributed by atoms with E-state index in [1.807, 2.05) is 19.0 Å². The third kappa shape index (κ3) is 27.2. The van der Waals surface area contributed by atoms with Crippen molar-refractivity contribution < 1.29 is 9.53 Å². The SMILES string of the molecule is CCCCCCCCCCCCCCCCCC=CCCCCCC(=O)OCCN(C)C. The van der Waals surface area contributed by atoms with E-state index in [4.69, 9.17) is 4.74 Å². The average Bonchev–Trinajstić information content (AvgIpc) is 2.77. The van der Waals surface area contributed by atoms with Gasteiger partial charge in [-0.1, -0.05) is 115 Å². The van der Waals surface area contributed by atoms with Crippen molar-refractivity contribution >= 4 is 5.97 Å². The monoisotopic (exact) mass is 451 g/mol. The Hall–Kier alpha value is -0.830. The van der Waals surface area contributed by atoms with E-state index in [1.165, 1.54) is 109 Å². The van der Waals surface area contributed by atoms with Gasteiger partial charge >= 0.3 is 5.97 Å². The third-order valence-corrected chi connectivity index (χ3v) is 6.19. The average molecular weight is 452 g/mol. The summed E-state index contributed by atoms with van der Waals surface area (Å²) in [6.07, 6.45) is 32.3. The first-order valence-electron chi connectivity index (χ1n) is 14.1. The second kappa shape index (κ2) is 26.4. The Kier molecular flexibility index (Phi) is 25.7. The summed E-state index contributed by atoms with van der Waals surface area (Å²) in [7, 11) is 3.97. The van der Waals surface area contributed by atoms with Crippen LogP contribution in [0.15, 0.2) is 12.2 Å². The van der Waals surface area contributed by atoms with Gasteiger partial charge in [-0.05, 0) is 46.2 Å². The summed E-state index contributed by atoms with van der Waals surface area (Å²) in [5, 5.41) is 0. The van der Waals surface area contributed by atoms with E-state index in [0.717, 1.165) is 25.8 Å². The maximum atomic E-state index is 11.6. The van der Waals surface area contributed by atoms with Crippen molar-refractivity contribution in [2.75, 3.05) is 27.2 Å². The Labute approximate surface area is 201 Å². The maximum Gasteiger partial charge on any atom is 0.305 e. The summed E-state index contributed by atoms with van der Waals surface area (Å²) < 4.78 is 5.21. The molecule has 3 heteroatoms. The van der Waals surface area contributed by atoms with E-state index in [1.54, 1.807) is 0 Å². The Bertz CT molecular complexity index is 406. The molecule has 0 aromatic carbocycles. The number of carbonyl (C=O) groups excluding carboxylic acids is 1. The van der Waals surface area contributed by atoms with Gasteiger partial charge in [-0.2, -0.15) is 0 Å². The zero-order valence-corrected chi connectivity index (χ0v) is 22.2. The van der Waals surface area contributed by atoms with Gasteiger partial charge in [0, 0.05) is 13.0 Å². The molecule has 0 saturated heterocycles. The van der Waals surface area contributed by atoms with Crippen LogP contribution in [0.4, 0.5) is 0 Å². The van der Waals surface area contributed by atoms with Crippen LogP contribution >= 0.6 is 0 Å². The Morgan fingerprint density at radius 1 is 0.625 bits per heavy atom. The van der Waals surface area contributed by atoms with Crippen LogP contribution in [0.3, 0.4) is 0 Å². The lowest BCUT2D eigenvalue weighted by Gasteiger charge is -2.09. The van der Waals surface area contributed by atoms with Crippen molar-refractivity contribution in [1.29, 1.82) is 0 Å². The summed E-state index contributed by atoms with van der Waals surface area (Å²) in [5.74, 6) is -0.0458. The van der Waals surface area contributed by atoms with Gasteiger partial charge in [0.05, 0.1) is 0 Å². The van der Waals surface area contributed by atoms with Crippen LogP contribution < -0.4 is 0 Å². The molecule has 190 valence electrons. The second-order valence-corrected chi connectivity index (χ2v) is 9.83. The maximum absolute atomic E-state index is 11.6. The predicted molar refractivity (Wildman–Crippen MR) is 141 cm³/mol. The molecule has 0 bridgehead atoms. The van der Waals surface area contributed by atoms with Gasteiger partial charge in [0.1, 0.15) is 6.61 Å². The van der Waals surface area contributed by atoms with Crippen LogP contribution in [0.1, 0.15) is 142 Å². The van der Waals surface area contributed by atoms with E-state index in [9.17, 15) is 4.79 Å². The molecule has 32 heavy (non-hydrogen) atoms. The van der Waals surface area contributed by atoms with Crippen LogP contribution in [-0.2, 0) is 9.53 Å². The van der Waals surface area contributed by atoms with Crippen molar-refractivity contribution in [3.8, 4) is 0 Å². The molecule has 3 nitrogen and oxygen atoms in total. The van der Waals surface area contributed by atoms with Gasteiger partial charge in [-0.15, -0.1) is 0 Å². The van der Waals surface area contributed by atoms with Crippen molar-refractivity contribution in [3.63, 3.8) is 0 Å². The van der Waals surface area contributed by atoms with Crippen molar-refractivity contribution in [2.24, 2.45) is 0 Å². The molecule has 0 rings (SSSR count). The molecule has 0 fully saturated rings. The highest BCUT2D eigenvalue weighted by Crippen LogP contribution is 2.14. The smallest absolute Gasteiger partial charge is 0.305 e. The molecule has 0 unspecified atom stereocenters. The highest BCUT2D eigenvalue weighted by molar-refractivity contribution is 5.69. The van der Waals surface area contributed by atoms with E-state index in [-0.39, 0.29) is 5.97 Å². The minimum atomic E-state index is -0.0458. The zero-order chi connectivity index (χ0) is 23.5. The quantitative estimate of drug-likeness (QED) is 0.0788. The predicted octanol–water partition coefficient (Wildman–Crippen LogP) is 8.86. The van der Waals surface area contributed by atoms with E-state index >= 15 is 0 Å². The fourth-order valence-corrected chi connectivity index (χ4v) is 3.99. The highest BCUT2D eigenvalue weighted by atomic mass is 16.5. The van der Waals surface area contributed by atoms with E-state index in [2.05, 4.69) is 19.1 Å². The molecule has 0 N–H and O–H groups in total. The first kappa shape index (κ1) is 31.2. The summed E-state index contributed by atoms with van der Waals surface area (Å²) in [6, 6.07) is 0. The molecule has 0 spiro atoms. The van der Waals surface area contributed by atoms with Crippen molar-refractivity contribution in [3.05, 3.63) is 12.2 Å². The highest BCUT2D eigenvalue weighted by Gasteiger charge is 2.02. The zero-order valence-electron chi connectivity index (χ0n) is 22.2. The number of nitrogens with zero attached hydrogens (tertiary/aromatic N) is 1. The van der Waals surface area contributed by atoms with Crippen LogP contribution in [-0.4, -0.2) is 38.1 Å². The third-order valence-electron chi connectivity index (χ3n) is 6.19. The van der Waals surface area contributed by atoms with Crippen LogP contribution in [0.25, 0.3) is 0 Å². The number of hydrogen-bond donors (Lipinski definition) is 0.